The number of pyridine rings is 1. The topological polar surface area (TPSA) is 19.7 Å². The fraction of sp³-hybridized carbons (Fsp3) is 0.133. The van der Waals surface area contributed by atoms with Crippen LogP contribution in [0.5, 0.6) is 0 Å². The number of aromatic nitrogens is 2. The summed E-state index contributed by atoms with van der Waals surface area (Å²) in [5, 5.41) is 1.34. The van der Waals surface area contributed by atoms with E-state index in [0.717, 1.165) is 13.0 Å². The third-order valence-electron chi connectivity index (χ3n) is 3.09. The van der Waals surface area contributed by atoms with E-state index >= 15 is 0 Å². The Labute approximate surface area is 117 Å². The fourth-order valence-corrected chi connectivity index (χ4v) is 2.17. The number of H-pyrrole nitrogens is 1. The summed E-state index contributed by atoms with van der Waals surface area (Å²) < 4.78 is 2.21. The molecule has 0 spiro atoms. The van der Waals surface area contributed by atoms with Crippen LogP contribution in [0.4, 0.5) is 0 Å². The molecule has 0 aliphatic heterocycles. The highest BCUT2D eigenvalue weighted by Crippen LogP contribution is 2.17. The molecule has 2 nitrogen and oxygen atoms in total. The summed E-state index contributed by atoms with van der Waals surface area (Å²) >= 11 is 0. The van der Waals surface area contributed by atoms with Gasteiger partial charge in [0.25, 0.3) is 0 Å². The van der Waals surface area contributed by atoms with Gasteiger partial charge in [-0.25, -0.2) is 4.57 Å². The fourth-order valence-electron chi connectivity index (χ4n) is 2.17. The smallest absolute Gasteiger partial charge is 0.168 e. The quantitative estimate of drug-likeness (QED) is 0.641. The van der Waals surface area contributed by atoms with Crippen LogP contribution in [0.1, 0.15) is 5.56 Å². The number of benzene rings is 1. The normalized spacial score (nSPS) is 10.2. The molecule has 0 fully saturated rings. The maximum atomic E-state index is 3.32. The molecule has 3 rings (SSSR count). The minimum atomic E-state index is 0. The first kappa shape index (κ1) is 12.8. The van der Waals surface area contributed by atoms with Crippen molar-refractivity contribution in [1.29, 1.82) is 0 Å². The first-order valence-electron chi connectivity index (χ1n) is 5.92. The van der Waals surface area contributed by atoms with Crippen LogP contribution >= 0.6 is 0 Å². The molecule has 3 heteroatoms. The van der Waals surface area contributed by atoms with E-state index in [1.807, 2.05) is 6.07 Å². The number of rotatable bonds is 3. The Balaban J connectivity index is 0.00000120. The molecule has 0 saturated heterocycles. The molecule has 2 heterocycles. The Hall–Kier alpha value is -1.61. The number of nitrogens with zero attached hydrogens (tertiary/aromatic N) is 1. The Morgan fingerprint density at radius 2 is 1.72 bits per heavy atom. The number of aromatic amines is 1. The summed E-state index contributed by atoms with van der Waals surface area (Å²) in [5.41, 5.74) is 2.61. The first-order chi connectivity index (χ1) is 8.43. The van der Waals surface area contributed by atoms with Crippen molar-refractivity contribution in [2.24, 2.45) is 0 Å². The Bertz CT molecular complexity index is 616. The van der Waals surface area contributed by atoms with E-state index in [1.165, 1.54) is 16.5 Å². The van der Waals surface area contributed by atoms with Crippen molar-refractivity contribution in [1.82, 2.24) is 4.98 Å². The number of hydrogen-bond acceptors (Lipinski definition) is 0. The van der Waals surface area contributed by atoms with Gasteiger partial charge in [-0.15, -0.1) is 0 Å². The molecule has 3 aromatic rings. The van der Waals surface area contributed by atoms with E-state index in [4.69, 9.17) is 0 Å². The standard InChI is InChI=1S/C15H15N2.BrH/c1-4-9-17(10-5-1)11-8-13-12-16-15-7-3-2-6-14(13)15;/h1-7,9-10,12,16H,8,11H2;1H/q+1;/p-1. The lowest BCUT2D eigenvalue weighted by atomic mass is 10.1. The lowest BCUT2D eigenvalue weighted by Gasteiger charge is -1.96. The Kier molecular flexibility index (Phi) is 4.15. The van der Waals surface area contributed by atoms with Crippen LogP contribution in [0, 0.1) is 0 Å². The van der Waals surface area contributed by atoms with Gasteiger partial charge >= 0.3 is 0 Å². The molecule has 0 radical (unpaired) electrons. The Morgan fingerprint density at radius 1 is 0.944 bits per heavy atom. The highest BCUT2D eigenvalue weighted by Gasteiger charge is 2.05. The molecule has 0 amide bonds. The third kappa shape index (κ3) is 2.62. The van der Waals surface area contributed by atoms with Crippen LogP contribution in [0.3, 0.4) is 0 Å². The van der Waals surface area contributed by atoms with Gasteiger partial charge in [0.1, 0.15) is 0 Å². The molecule has 92 valence electrons. The second-order valence-corrected chi connectivity index (χ2v) is 4.22. The largest absolute Gasteiger partial charge is 1.00 e. The number of aryl methyl sites for hydroxylation is 2. The molecule has 0 aliphatic carbocycles. The van der Waals surface area contributed by atoms with E-state index in [0.29, 0.717) is 0 Å². The monoisotopic (exact) mass is 302 g/mol. The first-order valence-corrected chi connectivity index (χ1v) is 5.92. The van der Waals surface area contributed by atoms with Gasteiger partial charge in [0.2, 0.25) is 0 Å². The summed E-state index contributed by atoms with van der Waals surface area (Å²) in [6.07, 6.45) is 7.39. The highest BCUT2D eigenvalue weighted by molar-refractivity contribution is 5.82. The molecular weight excluding hydrogens is 288 g/mol. The summed E-state index contributed by atoms with van der Waals surface area (Å²) in [6.45, 7) is 1.02. The third-order valence-corrected chi connectivity index (χ3v) is 3.09. The average molecular weight is 303 g/mol. The average Bonchev–Trinajstić information content (AvgIpc) is 2.81. The van der Waals surface area contributed by atoms with Gasteiger partial charge in [0.15, 0.2) is 18.9 Å². The van der Waals surface area contributed by atoms with E-state index in [1.54, 1.807) is 0 Å². The predicted octanol–water partition coefficient (Wildman–Crippen LogP) is -0.298. The van der Waals surface area contributed by atoms with Crippen LogP contribution < -0.4 is 21.5 Å². The minimum Gasteiger partial charge on any atom is -1.00 e. The van der Waals surface area contributed by atoms with Crippen molar-refractivity contribution in [3.05, 3.63) is 66.6 Å². The lowest BCUT2D eigenvalue weighted by molar-refractivity contribution is -0.696. The number of nitrogens with one attached hydrogen (secondary N) is 1. The van der Waals surface area contributed by atoms with Gasteiger partial charge < -0.3 is 22.0 Å². The summed E-state index contributed by atoms with van der Waals surface area (Å²) in [4.78, 5) is 3.32. The van der Waals surface area contributed by atoms with E-state index in [2.05, 4.69) is 64.5 Å². The van der Waals surface area contributed by atoms with E-state index in [-0.39, 0.29) is 17.0 Å². The van der Waals surface area contributed by atoms with Gasteiger partial charge in [-0.05, 0) is 11.6 Å². The zero-order valence-corrected chi connectivity index (χ0v) is 11.6. The van der Waals surface area contributed by atoms with Crippen LogP contribution in [-0.2, 0) is 13.0 Å². The van der Waals surface area contributed by atoms with Crippen molar-refractivity contribution >= 4 is 10.9 Å². The number of fused-ring (bicyclic) bond motifs is 1. The molecule has 0 aliphatic rings. The maximum Gasteiger partial charge on any atom is 0.168 e. The SMILES string of the molecule is [Br-].c1cc[n+](CCc2c[nH]c3ccccc23)cc1. The molecular formula is C15H15BrN2. The number of halogens is 1. The van der Waals surface area contributed by atoms with Crippen LogP contribution in [0.15, 0.2) is 61.1 Å². The van der Waals surface area contributed by atoms with Gasteiger partial charge in [0.05, 0.1) is 0 Å². The van der Waals surface area contributed by atoms with Crippen molar-refractivity contribution < 1.29 is 21.5 Å². The molecule has 1 N–H and O–H groups in total. The van der Waals surface area contributed by atoms with Crippen molar-refractivity contribution in [2.45, 2.75) is 13.0 Å². The van der Waals surface area contributed by atoms with E-state index < -0.39 is 0 Å². The molecule has 0 unspecified atom stereocenters. The van der Waals surface area contributed by atoms with Gasteiger partial charge in [-0.3, -0.25) is 0 Å². The Morgan fingerprint density at radius 3 is 2.56 bits per heavy atom. The second kappa shape index (κ2) is 5.83. The van der Waals surface area contributed by atoms with Gasteiger partial charge in [-0.1, -0.05) is 24.3 Å². The highest BCUT2D eigenvalue weighted by atomic mass is 79.9. The molecule has 18 heavy (non-hydrogen) atoms. The molecule has 0 bridgehead atoms. The van der Waals surface area contributed by atoms with Crippen molar-refractivity contribution in [3.63, 3.8) is 0 Å². The van der Waals surface area contributed by atoms with Crippen LogP contribution in [-0.4, -0.2) is 4.98 Å². The van der Waals surface area contributed by atoms with Crippen LogP contribution in [0.25, 0.3) is 10.9 Å². The van der Waals surface area contributed by atoms with Crippen LogP contribution in [0.2, 0.25) is 0 Å². The lowest BCUT2D eigenvalue weighted by Crippen LogP contribution is -3.00. The van der Waals surface area contributed by atoms with Gasteiger partial charge in [-0.2, -0.15) is 0 Å². The molecule has 1 aromatic carbocycles. The molecule has 2 aromatic heterocycles. The van der Waals surface area contributed by atoms with Crippen molar-refractivity contribution in [3.8, 4) is 0 Å². The van der Waals surface area contributed by atoms with Crippen molar-refractivity contribution in [2.75, 3.05) is 0 Å². The number of hydrogen-bond donors (Lipinski definition) is 1. The van der Waals surface area contributed by atoms with E-state index in [9.17, 15) is 0 Å². The zero-order chi connectivity index (χ0) is 11.5. The second-order valence-electron chi connectivity index (χ2n) is 4.22. The number of para-hydroxylation sites is 1. The molecule has 0 saturated carbocycles. The molecule has 0 atom stereocenters. The predicted molar refractivity (Wildman–Crippen MR) is 68.6 cm³/mol. The van der Waals surface area contributed by atoms with Gasteiger partial charge in [0, 0.05) is 35.7 Å². The summed E-state index contributed by atoms with van der Waals surface area (Å²) in [7, 11) is 0. The maximum absolute atomic E-state index is 3.32. The zero-order valence-electron chi connectivity index (χ0n) is 10.0. The summed E-state index contributed by atoms with van der Waals surface area (Å²) in [5.74, 6) is 0. The minimum absolute atomic E-state index is 0. The summed E-state index contributed by atoms with van der Waals surface area (Å²) in [6, 6.07) is 14.6.